The van der Waals surface area contributed by atoms with Crippen molar-refractivity contribution < 1.29 is 9.90 Å². The number of hydrogen-bond acceptors (Lipinski definition) is 5. The molecule has 2 N–H and O–H groups in total. The maximum absolute atomic E-state index is 12.3. The fourth-order valence-corrected chi connectivity index (χ4v) is 3.78. The molecule has 2 aromatic rings. The standard InChI is InChI=1S/C14H17ClN2O2S2/c1-7(6-18)8(2)16-13(19)12-9(3)17-14(21-12)10-4-5-11(15)20-10/h4-5,7-8,18H,6H2,1-3H3,(H,16,19). The normalized spacial score (nSPS) is 14.0. The van der Waals surface area contributed by atoms with Gasteiger partial charge >= 0.3 is 0 Å². The second-order valence-electron chi connectivity index (χ2n) is 4.96. The van der Waals surface area contributed by atoms with Crippen molar-refractivity contribution in [2.75, 3.05) is 6.61 Å². The Kier molecular flexibility index (Phi) is 5.37. The molecule has 0 fully saturated rings. The van der Waals surface area contributed by atoms with Gasteiger partial charge in [-0.3, -0.25) is 4.79 Å². The molecular formula is C14H17ClN2O2S2. The fourth-order valence-electron chi connectivity index (χ4n) is 1.71. The number of hydrogen-bond donors (Lipinski definition) is 2. The van der Waals surface area contributed by atoms with Gasteiger partial charge in [-0.1, -0.05) is 18.5 Å². The fraction of sp³-hybridized carbons (Fsp3) is 0.429. The molecule has 2 atom stereocenters. The number of rotatable bonds is 5. The molecule has 0 aliphatic carbocycles. The summed E-state index contributed by atoms with van der Waals surface area (Å²) in [7, 11) is 0. The Labute approximate surface area is 136 Å². The Morgan fingerprint density at radius 3 is 2.71 bits per heavy atom. The Morgan fingerprint density at radius 1 is 1.43 bits per heavy atom. The van der Waals surface area contributed by atoms with Gasteiger partial charge in [0.1, 0.15) is 9.88 Å². The van der Waals surface area contributed by atoms with Crippen LogP contribution in [0.5, 0.6) is 0 Å². The highest BCUT2D eigenvalue weighted by Gasteiger charge is 2.20. The molecule has 1 amide bonds. The lowest BCUT2D eigenvalue weighted by molar-refractivity contribution is 0.0919. The second-order valence-corrected chi connectivity index (χ2v) is 7.67. The largest absolute Gasteiger partial charge is 0.396 e. The lowest BCUT2D eigenvalue weighted by Crippen LogP contribution is -2.38. The number of aliphatic hydroxyl groups is 1. The monoisotopic (exact) mass is 344 g/mol. The van der Waals surface area contributed by atoms with Gasteiger partial charge in [0.2, 0.25) is 0 Å². The van der Waals surface area contributed by atoms with E-state index in [1.807, 2.05) is 32.9 Å². The van der Waals surface area contributed by atoms with Crippen molar-refractivity contribution in [1.29, 1.82) is 0 Å². The molecule has 0 aromatic carbocycles. The van der Waals surface area contributed by atoms with Crippen molar-refractivity contribution in [3.05, 3.63) is 27.0 Å². The highest BCUT2D eigenvalue weighted by Crippen LogP contribution is 2.34. The van der Waals surface area contributed by atoms with Crippen molar-refractivity contribution >= 4 is 40.2 Å². The molecule has 0 radical (unpaired) electrons. The summed E-state index contributed by atoms with van der Waals surface area (Å²) in [6, 6.07) is 3.63. The molecule has 4 nitrogen and oxygen atoms in total. The Morgan fingerprint density at radius 2 is 2.14 bits per heavy atom. The van der Waals surface area contributed by atoms with E-state index in [4.69, 9.17) is 16.7 Å². The van der Waals surface area contributed by atoms with E-state index in [2.05, 4.69) is 10.3 Å². The minimum atomic E-state index is -0.147. The zero-order chi connectivity index (χ0) is 15.6. The molecular weight excluding hydrogens is 328 g/mol. The summed E-state index contributed by atoms with van der Waals surface area (Å²) in [5.74, 6) is -0.135. The maximum atomic E-state index is 12.3. The number of nitrogens with zero attached hydrogens (tertiary/aromatic N) is 1. The highest BCUT2D eigenvalue weighted by atomic mass is 35.5. The molecule has 7 heteroatoms. The average molecular weight is 345 g/mol. The Balaban J connectivity index is 2.17. The van der Waals surface area contributed by atoms with Gasteiger partial charge in [0, 0.05) is 12.6 Å². The van der Waals surface area contributed by atoms with Crippen LogP contribution in [-0.2, 0) is 0 Å². The van der Waals surface area contributed by atoms with Crippen LogP contribution in [0.4, 0.5) is 0 Å². The van der Waals surface area contributed by atoms with E-state index in [1.165, 1.54) is 22.7 Å². The zero-order valence-electron chi connectivity index (χ0n) is 12.0. The Hall–Kier alpha value is -0.950. The minimum absolute atomic E-state index is 0.0118. The lowest BCUT2D eigenvalue weighted by Gasteiger charge is -2.18. The van der Waals surface area contributed by atoms with E-state index in [1.54, 1.807) is 0 Å². The third kappa shape index (κ3) is 3.83. The first-order valence-corrected chi connectivity index (χ1v) is 8.58. The zero-order valence-corrected chi connectivity index (χ0v) is 14.4. The molecule has 0 saturated heterocycles. The summed E-state index contributed by atoms with van der Waals surface area (Å²) in [5, 5.41) is 12.8. The van der Waals surface area contributed by atoms with Crippen molar-refractivity contribution in [3.8, 4) is 9.88 Å². The van der Waals surface area contributed by atoms with E-state index in [9.17, 15) is 4.79 Å². The molecule has 0 bridgehead atoms. The SMILES string of the molecule is Cc1nc(-c2ccc(Cl)s2)sc1C(=O)NC(C)C(C)CO. The number of carbonyl (C=O) groups excluding carboxylic acids is 1. The quantitative estimate of drug-likeness (QED) is 0.871. The molecule has 114 valence electrons. The molecule has 2 aromatic heterocycles. The van der Waals surface area contributed by atoms with Gasteiger partial charge < -0.3 is 10.4 Å². The predicted molar refractivity (Wildman–Crippen MR) is 88.4 cm³/mol. The molecule has 0 aliphatic rings. The summed E-state index contributed by atoms with van der Waals surface area (Å²) < 4.78 is 0.703. The van der Waals surface area contributed by atoms with Crippen LogP contribution >= 0.6 is 34.3 Å². The van der Waals surface area contributed by atoms with E-state index >= 15 is 0 Å². The number of halogens is 1. The first kappa shape index (κ1) is 16.4. The number of nitrogens with one attached hydrogen (secondary N) is 1. The van der Waals surface area contributed by atoms with E-state index in [0.29, 0.717) is 14.9 Å². The number of thiophene rings is 1. The third-order valence-electron chi connectivity index (χ3n) is 3.29. The number of aryl methyl sites for hydroxylation is 1. The molecule has 0 saturated carbocycles. The molecule has 2 heterocycles. The first-order chi connectivity index (χ1) is 9.92. The van der Waals surface area contributed by atoms with Crippen LogP contribution < -0.4 is 5.32 Å². The van der Waals surface area contributed by atoms with Crippen LogP contribution in [0, 0.1) is 12.8 Å². The smallest absolute Gasteiger partial charge is 0.263 e. The van der Waals surface area contributed by atoms with Crippen LogP contribution in [0.1, 0.15) is 29.2 Å². The summed E-state index contributed by atoms with van der Waals surface area (Å²) >= 11 is 8.74. The van der Waals surface area contributed by atoms with Crippen LogP contribution in [0.25, 0.3) is 9.88 Å². The number of amides is 1. The van der Waals surface area contributed by atoms with Gasteiger partial charge in [-0.2, -0.15) is 0 Å². The van der Waals surface area contributed by atoms with Crippen molar-refractivity contribution in [1.82, 2.24) is 10.3 Å². The van der Waals surface area contributed by atoms with Gasteiger partial charge in [-0.05, 0) is 31.9 Å². The molecule has 2 unspecified atom stereocenters. The minimum Gasteiger partial charge on any atom is -0.396 e. The van der Waals surface area contributed by atoms with E-state index < -0.39 is 0 Å². The van der Waals surface area contributed by atoms with Gasteiger partial charge in [0.15, 0.2) is 0 Å². The number of aromatic nitrogens is 1. The third-order valence-corrected chi connectivity index (χ3v) is 5.84. The maximum Gasteiger partial charge on any atom is 0.263 e. The molecule has 0 spiro atoms. The molecule has 2 rings (SSSR count). The topological polar surface area (TPSA) is 62.2 Å². The summed E-state index contributed by atoms with van der Waals surface area (Å²) in [6.07, 6.45) is 0. The molecule has 0 aliphatic heterocycles. The highest BCUT2D eigenvalue weighted by molar-refractivity contribution is 7.24. The lowest BCUT2D eigenvalue weighted by atomic mass is 10.1. The summed E-state index contributed by atoms with van der Waals surface area (Å²) in [6.45, 7) is 5.64. The number of carbonyl (C=O) groups is 1. The van der Waals surface area contributed by atoms with Gasteiger partial charge in [-0.25, -0.2) is 4.98 Å². The van der Waals surface area contributed by atoms with Crippen molar-refractivity contribution in [2.45, 2.75) is 26.8 Å². The number of aliphatic hydroxyl groups excluding tert-OH is 1. The number of thiazole rings is 1. The van der Waals surface area contributed by atoms with Crippen LogP contribution in [-0.4, -0.2) is 28.6 Å². The predicted octanol–water partition coefficient (Wildman–Crippen LogP) is 3.58. The van der Waals surface area contributed by atoms with Gasteiger partial charge in [0.25, 0.3) is 5.91 Å². The van der Waals surface area contributed by atoms with Crippen molar-refractivity contribution in [3.63, 3.8) is 0 Å². The van der Waals surface area contributed by atoms with E-state index in [-0.39, 0.29) is 24.5 Å². The van der Waals surface area contributed by atoms with Crippen LogP contribution in [0.2, 0.25) is 4.34 Å². The summed E-state index contributed by atoms with van der Waals surface area (Å²) in [5.41, 5.74) is 0.709. The van der Waals surface area contributed by atoms with Crippen molar-refractivity contribution in [2.24, 2.45) is 5.92 Å². The van der Waals surface area contributed by atoms with E-state index in [0.717, 1.165) is 9.88 Å². The van der Waals surface area contributed by atoms with Crippen LogP contribution in [0.3, 0.4) is 0 Å². The second kappa shape index (κ2) is 6.87. The van der Waals surface area contributed by atoms with Gasteiger partial charge in [-0.15, -0.1) is 22.7 Å². The van der Waals surface area contributed by atoms with Gasteiger partial charge in [0.05, 0.1) is 14.9 Å². The molecule has 21 heavy (non-hydrogen) atoms. The average Bonchev–Trinajstić information content (AvgIpc) is 3.03. The summed E-state index contributed by atoms with van der Waals surface area (Å²) in [4.78, 5) is 18.3. The first-order valence-electron chi connectivity index (χ1n) is 6.57. The van der Waals surface area contributed by atoms with Crippen LogP contribution in [0.15, 0.2) is 12.1 Å². The Bertz CT molecular complexity index is 639.